The van der Waals surface area contributed by atoms with E-state index in [1.807, 2.05) is 0 Å². The summed E-state index contributed by atoms with van der Waals surface area (Å²) < 4.78 is 29.8. The van der Waals surface area contributed by atoms with Crippen molar-refractivity contribution in [2.45, 2.75) is 31.6 Å². The number of methoxy groups -OCH3 is 1. The molecule has 1 aliphatic rings. The maximum absolute atomic E-state index is 12.7. The van der Waals surface area contributed by atoms with E-state index < -0.39 is 24.2 Å². The van der Waals surface area contributed by atoms with Crippen LogP contribution in [0.3, 0.4) is 0 Å². The topological polar surface area (TPSA) is 26.3 Å². The highest BCUT2D eigenvalue weighted by molar-refractivity contribution is 5.72. The monoisotopic (exact) mass is 178 g/mol. The van der Waals surface area contributed by atoms with Crippen molar-refractivity contribution in [1.29, 1.82) is 0 Å². The maximum Gasteiger partial charge on any atom is 0.308 e. The van der Waals surface area contributed by atoms with Gasteiger partial charge in [-0.2, -0.15) is 0 Å². The van der Waals surface area contributed by atoms with Crippen LogP contribution in [0.25, 0.3) is 0 Å². The molecular weight excluding hydrogens is 166 g/mol. The van der Waals surface area contributed by atoms with Crippen LogP contribution in [0.5, 0.6) is 0 Å². The number of esters is 1. The fraction of sp³-hybridized carbons (Fsp3) is 0.875. The van der Waals surface area contributed by atoms with Gasteiger partial charge >= 0.3 is 5.97 Å². The molecule has 0 aliphatic heterocycles. The van der Waals surface area contributed by atoms with Crippen molar-refractivity contribution in [3.05, 3.63) is 0 Å². The summed E-state index contributed by atoms with van der Waals surface area (Å²) in [6.45, 7) is 0. The largest absolute Gasteiger partial charge is 0.469 e. The molecule has 0 bridgehead atoms. The molecule has 1 saturated carbocycles. The van der Waals surface area contributed by atoms with Crippen LogP contribution in [0, 0.1) is 5.92 Å². The Labute approximate surface area is 69.9 Å². The van der Waals surface area contributed by atoms with Gasteiger partial charge < -0.3 is 4.74 Å². The Kier molecular flexibility index (Phi) is 3.00. The number of carbonyl (C=O) groups is 1. The first-order valence-electron chi connectivity index (χ1n) is 4.01. The lowest BCUT2D eigenvalue weighted by molar-refractivity contribution is -0.148. The minimum Gasteiger partial charge on any atom is -0.469 e. The summed E-state index contributed by atoms with van der Waals surface area (Å²) in [6, 6.07) is 0. The van der Waals surface area contributed by atoms with Crippen molar-refractivity contribution < 1.29 is 18.3 Å². The van der Waals surface area contributed by atoms with Gasteiger partial charge in [-0.15, -0.1) is 0 Å². The summed E-state index contributed by atoms with van der Waals surface area (Å²) in [5.41, 5.74) is 0. The molecule has 0 aromatic heterocycles. The Hall–Kier alpha value is -0.670. The Bertz CT molecular complexity index is 172. The Morgan fingerprint density at radius 2 is 2.00 bits per heavy atom. The van der Waals surface area contributed by atoms with Gasteiger partial charge in [-0.25, -0.2) is 8.78 Å². The summed E-state index contributed by atoms with van der Waals surface area (Å²) in [5, 5.41) is 0. The van der Waals surface area contributed by atoms with E-state index in [4.69, 9.17) is 0 Å². The molecular formula is C8H12F2O2. The average molecular weight is 178 g/mol. The molecule has 2 nitrogen and oxygen atoms in total. The van der Waals surface area contributed by atoms with Crippen LogP contribution < -0.4 is 0 Å². The number of hydrogen-bond acceptors (Lipinski definition) is 2. The van der Waals surface area contributed by atoms with E-state index in [2.05, 4.69) is 4.74 Å². The van der Waals surface area contributed by atoms with Crippen LogP contribution in [-0.2, 0) is 9.53 Å². The van der Waals surface area contributed by atoms with Gasteiger partial charge in [-0.1, -0.05) is 0 Å². The third-order valence-electron chi connectivity index (χ3n) is 2.23. The van der Waals surface area contributed by atoms with Gasteiger partial charge in [-0.3, -0.25) is 4.79 Å². The van der Waals surface area contributed by atoms with Crippen molar-refractivity contribution in [3.8, 4) is 0 Å². The molecule has 0 aromatic carbocycles. The Balaban J connectivity index is 2.45. The Morgan fingerprint density at radius 1 is 1.33 bits per heavy atom. The standard InChI is InChI=1S/C8H12F2O2/c1-12-8(11)5-2-3-6(9)7(10)4-5/h5-7H,2-4H2,1H3. The normalized spacial score (nSPS) is 36.1. The maximum atomic E-state index is 12.7. The van der Waals surface area contributed by atoms with Crippen molar-refractivity contribution >= 4 is 5.97 Å². The Morgan fingerprint density at radius 3 is 2.50 bits per heavy atom. The number of alkyl halides is 2. The molecule has 4 heteroatoms. The molecule has 0 radical (unpaired) electrons. The number of hydrogen-bond donors (Lipinski definition) is 0. The van der Waals surface area contributed by atoms with Gasteiger partial charge in [0.05, 0.1) is 13.0 Å². The first-order valence-corrected chi connectivity index (χ1v) is 4.01. The lowest BCUT2D eigenvalue weighted by Gasteiger charge is -2.25. The molecule has 1 fully saturated rings. The predicted octanol–water partition coefficient (Wildman–Crippen LogP) is 1.64. The molecule has 0 N–H and O–H groups in total. The van der Waals surface area contributed by atoms with Gasteiger partial charge in [0.1, 0.15) is 12.3 Å². The molecule has 1 aliphatic carbocycles. The SMILES string of the molecule is COC(=O)C1CCC(F)C(F)C1. The molecule has 3 atom stereocenters. The van der Waals surface area contributed by atoms with Gasteiger partial charge in [0.15, 0.2) is 0 Å². The second kappa shape index (κ2) is 3.83. The van der Waals surface area contributed by atoms with E-state index in [9.17, 15) is 13.6 Å². The van der Waals surface area contributed by atoms with Crippen molar-refractivity contribution in [1.82, 2.24) is 0 Å². The van der Waals surface area contributed by atoms with Gasteiger partial charge in [0.25, 0.3) is 0 Å². The van der Waals surface area contributed by atoms with Crippen molar-refractivity contribution in [3.63, 3.8) is 0 Å². The first kappa shape index (κ1) is 9.42. The molecule has 3 unspecified atom stereocenters. The molecule has 0 saturated heterocycles. The van der Waals surface area contributed by atoms with Gasteiger partial charge in [0.2, 0.25) is 0 Å². The van der Waals surface area contributed by atoms with E-state index >= 15 is 0 Å². The van der Waals surface area contributed by atoms with Crippen molar-refractivity contribution in [2.24, 2.45) is 5.92 Å². The zero-order chi connectivity index (χ0) is 9.14. The molecule has 12 heavy (non-hydrogen) atoms. The third kappa shape index (κ3) is 1.93. The lowest BCUT2D eigenvalue weighted by atomic mass is 9.87. The highest BCUT2D eigenvalue weighted by Crippen LogP contribution is 2.29. The van der Waals surface area contributed by atoms with Crippen LogP contribution in [0.15, 0.2) is 0 Å². The van der Waals surface area contributed by atoms with Crippen LogP contribution in [-0.4, -0.2) is 25.4 Å². The summed E-state index contributed by atoms with van der Waals surface area (Å²) in [7, 11) is 1.26. The molecule has 0 heterocycles. The van der Waals surface area contributed by atoms with E-state index in [1.54, 1.807) is 0 Å². The van der Waals surface area contributed by atoms with Crippen LogP contribution >= 0.6 is 0 Å². The highest BCUT2D eigenvalue weighted by atomic mass is 19.2. The fourth-order valence-corrected chi connectivity index (χ4v) is 1.46. The van der Waals surface area contributed by atoms with E-state index in [-0.39, 0.29) is 12.8 Å². The van der Waals surface area contributed by atoms with Gasteiger partial charge in [0, 0.05) is 0 Å². The predicted molar refractivity (Wildman–Crippen MR) is 39.1 cm³/mol. The second-order valence-corrected chi connectivity index (χ2v) is 3.07. The molecule has 0 aromatic rings. The third-order valence-corrected chi connectivity index (χ3v) is 2.23. The van der Waals surface area contributed by atoms with E-state index in [1.165, 1.54) is 7.11 Å². The number of carbonyl (C=O) groups excluding carboxylic acids is 1. The van der Waals surface area contributed by atoms with E-state index in [0.717, 1.165) is 0 Å². The number of ether oxygens (including phenoxy) is 1. The van der Waals surface area contributed by atoms with Crippen LogP contribution in [0.4, 0.5) is 8.78 Å². The smallest absolute Gasteiger partial charge is 0.308 e. The van der Waals surface area contributed by atoms with E-state index in [0.29, 0.717) is 6.42 Å². The average Bonchev–Trinajstić information content (AvgIpc) is 2.08. The minimum absolute atomic E-state index is 0.0339. The van der Waals surface area contributed by atoms with Crippen molar-refractivity contribution in [2.75, 3.05) is 7.11 Å². The molecule has 70 valence electrons. The molecule has 0 spiro atoms. The fourth-order valence-electron chi connectivity index (χ4n) is 1.46. The van der Waals surface area contributed by atoms with Gasteiger partial charge in [-0.05, 0) is 19.3 Å². The first-order chi connectivity index (χ1) is 5.65. The minimum atomic E-state index is -1.50. The molecule has 1 rings (SSSR count). The quantitative estimate of drug-likeness (QED) is 0.570. The number of halogens is 2. The summed E-state index contributed by atoms with van der Waals surface area (Å²) >= 11 is 0. The zero-order valence-electron chi connectivity index (χ0n) is 6.93. The van der Waals surface area contributed by atoms with Crippen LogP contribution in [0.2, 0.25) is 0 Å². The lowest BCUT2D eigenvalue weighted by Crippen LogP contribution is -2.31. The number of rotatable bonds is 1. The highest BCUT2D eigenvalue weighted by Gasteiger charge is 2.34. The van der Waals surface area contributed by atoms with Crippen LogP contribution in [0.1, 0.15) is 19.3 Å². The molecule has 0 amide bonds. The second-order valence-electron chi connectivity index (χ2n) is 3.07. The zero-order valence-corrected chi connectivity index (χ0v) is 6.93. The summed E-state index contributed by atoms with van der Waals surface area (Å²) in [6.07, 6.45) is -2.41. The summed E-state index contributed by atoms with van der Waals surface area (Å²) in [4.78, 5) is 10.9. The summed E-state index contributed by atoms with van der Waals surface area (Å²) in [5.74, 6) is -0.874.